The van der Waals surface area contributed by atoms with E-state index in [0.717, 1.165) is 11.0 Å². The summed E-state index contributed by atoms with van der Waals surface area (Å²) in [6.45, 7) is -1.50. The lowest BCUT2D eigenvalue weighted by Gasteiger charge is -2.17. The van der Waals surface area contributed by atoms with Crippen LogP contribution in [-0.4, -0.2) is 53.4 Å². The van der Waals surface area contributed by atoms with Gasteiger partial charge in [0.2, 0.25) is 5.88 Å². The van der Waals surface area contributed by atoms with Crippen molar-refractivity contribution in [2.24, 2.45) is 0 Å². The molecule has 2 N–H and O–H groups in total. The number of hydrogen-bond donors (Lipinski definition) is 2. The lowest BCUT2D eigenvalue weighted by molar-refractivity contribution is -0.154. The van der Waals surface area contributed by atoms with Crippen LogP contribution in [0.25, 0.3) is 0 Å². The Morgan fingerprint density at radius 2 is 2.14 bits per heavy atom. The number of urea groups is 1. The Morgan fingerprint density at radius 3 is 2.73 bits per heavy atom. The van der Waals surface area contributed by atoms with E-state index in [4.69, 9.17) is 5.11 Å². The van der Waals surface area contributed by atoms with Crippen molar-refractivity contribution < 1.29 is 32.6 Å². The number of aliphatic carboxylic acids is 1. The molecule has 0 aliphatic rings. The van der Waals surface area contributed by atoms with Gasteiger partial charge in [0.05, 0.1) is 6.42 Å². The zero-order valence-electron chi connectivity index (χ0n) is 11.6. The van der Waals surface area contributed by atoms with E-state index in [1.807, 2.05) is 0 Å². The number of anilines is 1. The zero-order chi connectivity index (χ0) is 16.8. The van der Waals surface area contributed by atoms with Crippen LogP contribution >= 0.6 is 0 Å². The third kappa shape index (κ3) is 6.77. The minimum atomic E-state index is -4.49. The highest BCUT2D eigenvalue weighted by atomic mass is 19.4. The molecule has 122 valence electrons. The van der Waals surface area contributed by atoms with Crippen LogP contribution in [0, 0.1) is 0 Å². The normalized spacial score (nSPS) is 10.9. The van der Waals surface area contributed by atoms with Gasteiger partial charge in [-0.2, -0.15) is 13.2 Å². The van der Waals surface area contributed by atoms with E-state index in [2.05, 4.69) is 15.0 Å². The number of rotatable bonds is 6. The number of amides is 2. The van der Waals surface area contributed by atoms with Gasteiger partial charge in [-0.25, -0.2) is 9.78 Å². The van der Waals surface area contributed by atoms with Crippen LogP contribution in [0.4, 0.5) is 23.7 Å². The summed E-state index contributed by atoms with van der Waals surface area (Å²) >= 11 is 0. The van der Waals surface area contributed by atoms with Crippen LogP contribution in [0.3, 0.4) is 0 Å². The molecule has 0 aliphatic carbocycles. The molecule has 0 bridgehead atoms. The van der Waals surface area contributed by atoms with Gasteiger partial charge in [-0.3, -0.25) is 4.79 Å². The molecule has 1 rings (SSSR count). The van der Waals surface area contributed by atoms with Gasteiger partial charge in [0.25, 0.3) is 0 Å². The highest BCUT2D eigenvalue weighted by Gasteiger charge is 2.28. The first kappa shape index (κ1) is 17.5. The van der Waals surface area contributed by atoms with Gasteiger partial charge < -0.3 is 20.1 Å². The molecule has 2 amide bonds. The first-order valence-electron chi connectivity index (χ1n) is 6.07. The Balaban J connectivity index is 2.58. The van der Waals surface area contributed by atoms with E-state index in [-0.39, 0.29) is 24.5 Å². The van der Waals surface area contributed by atoms with Gasteiger partial charge in [0.15, 0.2) is 6.61 Å². The van der Waals surface area contributed by atoms with Crippen LogP contribution in [0.15, 0.2) is 18.3 Å². The fourth-order valence-corrected chi connectivity index (χ4v) is 1.31. The van der Waals surface area contributed by atoms with Crippen LogP contribution in [0.1, 0.15) is 6.42 Å². The van der Waals surface area contributed by atoms with Crippen molar-refractivity contribution in [1.82, 2.24) is 9.88 Å². The predicted molar refractivity (Wildman–Crippen MR) is 69.7 cm³/mol. The molecule has 0 atom stereocenters. The molecule has 7 nitrogen and oxygen atoms in total. The lowest BCUT2D eigenvalue weighted by atomic mass is 10.4. The quantitative estimate of drug-likeness (QED) is 0.835. The summed E-state index contributed by atoms with van der Waals surface area (Å²) < 4.78 is 40.5. The van der Waals surface area contributed by atoms with Gasteiger partial charge in [-0.1, -0.05) is 0 Å². The number of aromatic nitrogens is 1. The number of carbonyl (C=O) groups is 2. The number of pyridine rings is 1. The number of halogens is 3. The highest BCUT2D eigenvalue weighted by Crippen LogP contribution is 2.19. The van der Waals surface area contributed by atoms with Gasteiger partial charge in [0.1, 0.15) is 0 Å². The van der Waals surface area contributed by atoms with Gasteiger partial charge in [-0.05, 0) is 6.07 Å². The molecule has 1 aromatic rings. The third-order valence-corrected chi connectivity index (χ3v) is 2.38. The van der Waals surface area contributed by atoms with Crippen LogP contribution in [0.5, 0.6) is 5.88 Å². The topological polar surface area (TPSA) is 91.8 Å². The maximum absolute atomic E-state index is 12.0. The first-order chi connectivity index (χ1) is 10.2. The van der Waals surface area contributed by atoms with E-state index >= 15 is 0 Å². The van der Waals surface area contributed by atoms with Crippen molar-refractivity contribution in [3.05, 3.63) is 18.3 Å². The summed E-state index contributed by atoms with van der Waals surface area (Å²) in [5.74, 6) is -1.34. The van der Waals surface area contributed by atoms with Crippen molar-refractivity contribution in [3.8, 4) is 5.88 Å². The van der Waals surface area contributed by atoms with Crippen molar-refractivity contribution in [1.29, 1.82) is 0 Å². The molecular formula is C12H14F3N3O4. The third-order valence-electron chi connectivity index (χ3n) is 2.38. The Bertz CT molecular complexity index is 537. The van der Waals surface area contributed by atoms with Crippen LogP contribution < -0.4 is 10.1 Å². The lowest BCUT2D eigenvalue weighted by Crippen LogP contribution is -2.33. The van der Waals surface area contributed by atoms with Crippen LogP contribution in [-0.2, 0) is 4.79 Å². The highest BCUT2D eigenvalue weighted by molar-refractivity contribution is 5.89. The molecule has 0 aromatic carbocycles. The van der Waals surface area contributed by atoms with E-state index in [9.17, 15) is 22.8 Å². The molecule has 0 radical (unpaired) electrons. The second-order valence-corrected chi connectivity index (χ2v) is 4.28. The van der Waals surface area contributed by atoms with Crippen LogP contribution in [0.2, 0.25) is 0 Å². The summed E-state index contributed by atoms with van der Waals surface area (Å²) in [6, 6.07) is 1.90. The van der Waals surface area contributed by atoms with E-state index in [1.54, 1.807) is 0 Å². The number of carboxylic acid groups (broad SMARTS) is 1. The van der Waals surface area contributed by atoms with Gasteiger partial charge >= 0.3 is 18.2 Å². The number of carbonyl (C=O) groups excluding carboxylic acids is 1. The largest absolute Gasteiger partial charge is 0.481 e. The number of alkyl halides is 3. The zero-order valence-corrected chi connectivity index (χ0v) is 11.6. The van der Waals surface area contributed by atoms with Crippen molar-refractivity contribution >= 4 is 17.7 Å². The smallest absolute Gasteiger partial charge is 0.422 e. The second kappa shape index (κ2) is 7.48. The molecule has 1 heterocycles. The Labute approximate surface area is 123 Å². The summed E-state index contributed by atoms with van der Waals surface area (Å²) in [7, 11) is 1.39. The number of carboxylic acids is 1. The Hall–Kier alpha value is -2.52. The number of nitrogens with one attached hydrogen (secondary N) is 1. The molecule has 0 saturated carbocycles. The Kier molecular flexibility index (Phi) is 5.96. The maximum atomic E-state index is 12.0. The number of nitrogens with zero attached hydrogens (tertiary/aromatic N) is 2. The van der Waals surface area contributed by atoms with Gasteiger partial charge in [0, 0.05) is 31.5 Å². The summed E-state index contributed by atoms with van der Waals surface area (Å²) in [6.07, 6.45) is -3.53. The fourth-order valence-electron chi connectivity index (χ4n) is 1.31. The van der Waals surface area contributed by atoms with E-state index in [0.29, 0.717) is 0 Å². The average molecular weight is 321 g/mol. The van der Waals surface area contributed by atoms with E-state index in [1.165, 1.54) is 19.3 Å². The van der Waals surface area contributed by atoms with Gasteiger partial charge in [-0.15, -0.1) is 0 Å². The summed E-state index contributed by atoms with van der Waals surface area (Å²) in [5.41, 5.74) is 0.180. The molecule has 0 aliphatic heterocycles. The molecular weight excluding hydrogens is 307 g/mol. The first-order valence-corrected chi connectivity index (χ1v) is 6.07. The SMILES string of the molecule is CN(CCC(=O)O)C(=O)Nc1ccnc(OCC(F)(F)F)c1. The molecule has 0 fully saturated rings. The molecule has 1 aromatic heterocycles. The van der Waals surface area contributed by atoms with Crippen molar-refractivity contribution in [2.45, 2.75) is 12.6 Å². The maximum Gasteiger partial charge on any atom is 0.422 e. The summed E-state index contributed by atoms with van der Waals surface area (Å²) in [4.78, 5) is 26.9. The minimum Gasteiger partial charge on any atom is -0.481 e. The predicted octanol–water partition coefficient (Wildman–Crippen LogP) is 1.96. The van der Waals surface area contributed by atoms with Crippen molar-refractivity contribution in [3.63, 3.8) is 0 Å². The molecule has 22 heavy (non-hydrogen) atoms. The second-order valence-electron chi connectivity index (χ2n) is 4.28. The van der Waals surface area contributed by atoms with E-state index < -0.39 is 24.8 Å². The molecule has 0 unspecified atom stereocenters. The minimum absolute atomic E-state index is 0.0102. The number of hydrogen-bond acceptors (Lipinski definition) is 4. The molecule has 0 spiro atoms. The molecule has 0 saturated heterocycles. The fraction of sp³-hybridized carbons (Fsp3) is 0.417. The molecule has 10 heteroatoms. The average Bonchev–Trinajstić information content (AvgIpc) is 2.42. The Morgan fingerprint density at radius 1 is 1.45 bits per heavy atom. The standard InChI is InChI=1S/C12H14F3N3O4/c1-18(5-3-10(19)20)11(21)17-8-2-4-16-9(6-8)22-7-12(13,14)15/h2,4,6H,3,5,7H2,1H3,(H,19,20)(H,16,17,21). The number of ether oxygens (including phenoxy) is 1. The van der Waals surface area contributed by atoms with Crippen molar-refractivity contribution in [2.75, 3.05) is 25.5 Å². The monoisotopic (exact) mass is 321 g/mol. The summed E-state index contributed by atoms with van der Waals surface area (Å²) in [5, 5.41) is 10.9.